The smallest absolute Gasteiger partial charge is 0.309 e. The lowest BCUT2D eigenvalue weighted by atomic mass is 9.96. The summed E-state index contributed by atoms with van der Waals surface area (Å²) in [4.78, 5) is 45.1. The van der Waals surface area contributed by atoms with E-state index in [1.165, 1.54) is 11.3 Å². The second-order valence-electron chi connectivity index (χ2n) is 9.38. The van der Waals surface area contributed by atoms with Gasteiger partial charge in [0.2, 0.25) is 0 Å². The largest absolute Gasteiger partial charge is 0.466 e. The molecule has 2 amide bonds. The van der Waals surface area contributed by atoms with Crippen LogP contribution in [0.4, 0.5) is 0 Å². The number of ether oxygens (including phenoxy) is 1. The Morgan fingerprint density at radius 2 is 1.72 bits per heavy atom. The highest BCUT2D eigenvalue weighted by molar-refractivity contribution is 7.16. The first-order valence-corrected chi connectivity index (χ1v) is 14.1. The Labute approximate surface area is 235 Å². The molecule has 0 spiro atoms. The molecule has 7 nitrogen and oxygen atoms in total. The van der Waals surface area contributed by atoms with Gasteiger partial charge >= 0.3 is 5.97 Å². The van der Waals surface area contributed by atoms with Crippen molar-refractivity contribution in [1.29, 1.82) is 0 Å². The molecule has 4 aromatic rings. The molecule has 200 valence electrons. The molecular weight excluding hydrogens is 534 g/mol. The third-order valence-corrected chi connectivity index (χ3v) is 8.07. The number of rotatable bonds is 6. The summed E-state index contributed by atoms with van der Waals surface area (Å²) < 4.78 is 8.15. The van der Waals surface area contributed by atoms with E-state index in [4.69, 9.17) is 16.3 Å². The number of carbonyl (C=O) groups excluding carboxylic acids is 3. The van der Waals surface area contributed by atoms with Crippen molar-refractivity contribution in [3.05, 3.63) is 99.3 Å². The van der Waals surface area contributed by atoms with Crippen LogP contribution in [0, 0.1) is 5.92 Å². The van der Waals surface area contributed by atoms with E-state index in [9.17, 15) is 14.4 Å². The van der Waals surface area contributed by atoms with Gasteiger partial charge in [-0.15, -0.1) is 0 Å². The van der Waals surface area contributed by atoms with Gasteiger partial charge in [-0.25, -0.2) is 0 Å². The number of aromatic nitrogens is 1. The van der Waals surface area contributed by atoms with Crippen molar-refractivity contribution in [1.82, 2.24) is 9.47 Å². The lowest BCUT2D eigenvalue weighted by Crippen LogP contribution is -2.40. The summed E-state index contributed by atoms with van der Waals surface area (Å²) in [6.45, 7) is 3.65. The third kappa shape index (κ3) is 6.13. The first kappa shape index (κ1) is 26.8. The molecule has 0 bridgehead atoms. The maximum absolute atomic E-state index is 13.3. The predicted molar refractivity (Wildman–Crippen MR) is 152 cm³/mol. The Morgan fingerprint density at radius 1 is 0.974 bits per heavy atom. The van der Waals surface area contributed by atoms with Gasteiger partial charge in [-0.3, -0.25) is 14.4 Å². The van der Waals surface area contributed by atoms with Crippen LogP contribution in [0.5, 0.6) is 0 Å². The number of likely N-dealkylation sites (tertiary alicyclic amines) is 1. The van der Waals surface area contributed by atoms with E-state index in [1.807, 2.05) is 53.1 Å². The van der Waals surface area contributed by atoms with Gasteiger partial charge in [-0.05, 0) is 67.8 Å². The van der Waals surface area contributed by atoms with Crippen LogP contribution in [0.2, 0.25) is 5.02 Å². The molecule has 3 aromatic carbocycles. The van der Waals surface area contributed by atoms with Crippen molar-refractivity contribution in [2.24, 2.45) is 10.9 Å². The standard InChI is InChI=1S/C30H28ClN3O4S/c1-2-38-29(37)21-13-15-33(16-14-21)28(36)23-9-5-7-20(17-23)19-34-25-11-3-4-12-26(25)39-30(34)32-27(35)22-8-6-10-24(31)18-22/h3-12,17-18,21H,2,13-16,19H2,1H3. The van der Waals surface area contributed by atoms with Crippen LogP contribution in [0.1, 0.15) is 46.0 Å². The highest BCUT2D eigenvalue weighted by Crippen LogP contribution is 2.22. The molecule has 0 atom stereocenters. The van der Waals surface area contributed by atoms with Crippen LogP contribution in [0.3, 0.4) is 0 Å². The highest BCUT2D eigenvalue weighted by Gasteiger charge is 2.28. The van der Waals surface area contributed by atoms with E-state index in [1.54, 1.807) is 36.1 Å². The van der Waals surface area contributed by atoms with Crippen LogP contribution < -0.4 is 4.80 Å². The first-order chi connectivity index (χ1) is 18.9. The van der Waals surface area contributed by atoms with Gasteiger partial charge in [0.25, 0.3) is 11.8 Å². The van der Waals surface area contributed by atoms with E-state index in [-0.39, 0.29) is 23.7 Å². The van der Waals surface area contributed by atoms with Crippen molar-refractivity contribution >= 4 is 50.9 Å². The van der Waals surface area contributed by atoms with E-state index in [0.29, 0.717) is 60.0 Å². The molecule has 1 aromatic heterocycles. The van der Waals surface area contributed by atoms with Crippen LogP contribution in [-0.4, -0.2) is 46.9 Å². The summed E-state index contributed by atoms with van der Waals surface area (Å²) in [7, 11) is 0. The molecule has 0 radical (unpaired) electrons. The van der Waals surface area contributed by atoms with Gasteiger partial charge in [0.05, 0.1) is 29.3 Å². The normalized spacial score (nSPS) is 14.5. The summed E-state index contributed by atoms with van der Waals surface area (Å²) in [6.07, 6.45) is 1.21. The second kappa shape index (κ2) is 12.0. The molecule has 0 saturated carbocycles. The topological polar surface area (TPSA) is 81.0 Å². The lowest BCUT2D eigenvalue weighted by molar-refractivity contribution is -0.149. The number of hydrogen-bond acceptors (Lipinski definition) is 5. The fraction of sp³-hybridized carbons (Fsp3) is 0.267. The number of benzene rings is 3. The lowest BCUT2D eigenvalue weighted by Gasteiger charge is -2.31. The minimum atomic E-state index is -0.368. The van der Waals surface area contributed by atoms with Crippen LogP contribution in [-0.2, 0) is 16.1 Å². The van der Waals surface area contributed by atoms with Gasteiger partial charge in [0.15, 0.2) is 4.80 Å². The molecule has 0 unspecified atom stereocenters. The summed E-state index contributed by atoms with van der Waals surface area (Å²) >= 11 is 7.52. The molecule has 9 heteroatoms. The Hall–Kier alpha value is -3.75. The zero-order valence-corrected chi connectivity index (χ0v) is 23.1. The number of esters is 1. The minimum Gasteiger partial charge on any atom is -0.466 e. The summed E-state index contributed by atoms with van der Waals surface area (Å²) in [5.74, 6) is -0.754. The molecule has 1 saturated heterocycles. The zero-order chi connectivity index (χ0) is 27.4. The Balaban J connectivity index is 1.39. The fourth-order valence-electron chi connectivity index (χ4n) is 4.78. The van der Waals surface area contributed by atoms with Crippen LogP contribution >= 0.6 is 22.9 Å². The van der Waals surface area contributed by atoms with Gasteiger partial charge in [-0.1, -0.05) is 53.3 Å². The summed E-state index contributed by atoms with van der Waals surface area (Å²) in [5, 5.41) is 0.479. The summed E-state index contributed by atoms with van der Waals surface area (Å²) in [6, 6.07) is 22.2. The zero-order valence-electron chi connectivity index (χ0n) is 21.5. The molecule has 1 aliphatic rings. The van der Waals surface area contributed by atoms with Crippen LogP contribution in [0.15, 0.2) is 77.8 Å². The fourth-order valence-corrected chi connectivity index (χ4v) is 6.00. The molecule has 1 fully saturated rings. The summed E-state index contributed by atoms with van der Waals surface area (Å²) in [5.41, 5.74) is 2.89. The molecule has 5 rings (SSSR count). The SMILES string of the molecule is CCOC(=O)C1CCN(C(=O)c2cccc(Cn3c(=NC(=O)c4cccc(Cl)c4)sc4ccccc43)c2)CC1. The average Bonchev–Trinajstić information content (AvgIpc) is 3.29. The molecule has 0 aliphatic carbocycles. The van der Waals surface area contributed by atoms with Gasteiger partial charge in [0, 0.05) is 29.2 Å². The van der Waals surface area contributed by atoms with Crippen molar-refractivity contribution < 1.29 is 19.1 Å². The Kier molecular flexibility index (Phi) is 8.24. The van der Waals surface area contributed by atoms with Crippen molar-refractivity contribution in [2.45, 2.75) is 26.3 Å². The molecular formula is C30H28ClN3O4S. The van der Waals surface area contributed by atoms with Crippen molar-refractivity contribution in [3.8, 4) is 0 Å². The monoisotopic (exact) mass is 561 g/mol. The van der Waals surface area contributed by atoms with Gasteiger partial charge < -0.3 is 14.2 Å². The van der Waals surface area contributed by atoms with E-state index in [2.05, 4.69) is 4.99 Å². The number of piperidine rings is 1. The molecule has 1 aliphatic heterocycles. The number of amides is 2. The highest BCUT2D eigenvalue weighted by atomic mass is 35.5. The van der Waals surface area contributed by atoms with E-state index >= 15 is 0 Å². The van der Waals surface area contributed by atoms with Crippen molar-refractivity contribution in [2.75, 3.05) is 19.7 Å². The van der Waals surface area contributed by atoms with Gasteiger partial charge in [0.1, 0.15) is 0 Å². The quantitative estimate of drug-likeness (QED) is 0.289. The molecule has 0 N–H and O–H groups in total. The number of carbonyl (C=O) groups is 3. The maximum atomic E-state index is 13.3. The number of nitrogens with zero attached hydrogens (tertiary/aromatic N) is 3. The second-order valence-corrected chi connectivity index (χ2v) is 10.8. The number of fused-ring (bicyclic) bond motifs is 1. The average molecular weight is 562 g/mol. The van der Waals surface area contributed by atoms with E-state index in [0.717, 1.165) is 15.8 Å². The first-order valence-electron chi connectivity index (χ1n) is 12.9. The third-order valence-electron chi connectivity index (χ3n) is 6.77. The molecule has 39 heavy (non-hydrogen) atoms. The van der Waals surface area contributed by atoms with Crippen LogP contribution in [0.25, 0.3) is 10.2 Å². The number of hydrogen-bond donors (Lipinski definition) is 0. The number of halogens is 1. The number of thiazole rings is 1. The number of para-hydroxylation sites is 1. The molecule has 2 heterocycles. The Morgan fingerprint density at radius 3 is 2.49 bits per heavy atom. The Bertz CT molecular complexity index is 1600. The minimum absolute atomic E-state index is 0.0552. The maximum Gasteiger partial charge on any atom is 0.309 e. The van der Waals surface area contributed by atoms with Gasteiger partial charge in [-0.2, -0.15) is 4.99 Å². The van der Waals surface area contributed by atoms with Crippen molar-refractivity contribution in [3.63, 3.8) is 0 Å². The predicted octanol–water partition coefficient (Wildman–Crippen LogP) is 5.56. The van der Waals surface area contributed by atoms with E-state index < -0.39 is 0 Å².